The lowest BCUT2D eigenvalue weighted by atomic mass is 10.7. The first kappa shape index (κ1) is 16.9. The predicted molar refractivity (Wildman–Crippen MR) is 86.4 cm³/mol. The highest BCUT2D eigenvalue weighted by molar-refractivity contribution is 8.76. The predicted octanol–water partition coefficient (Wildman–Crippen LogP) is 4.46. The van der Waals surface area contributed by atoms with Gasteiger partial charge >= 0.3 is 0 Å². The van der Waals surface area contributed by atoms with Gasteiger partial charge in [0.15, 0.2) is 0 Å². The summed E-state index contributed by atoms with van der Waals surface area (Å²) in [6.07, 6.45) is 0. The molecule has 0 aliphatic heterocycles. The molecule has 0 aliphatic carbocycles. The lowest BCUT2D eigenvalue weighted by molar-refractivity contribution is 0.606. The Labute approximate surface area is 140 Å². The Morgan fingerprint density at radius 1 is 0.750 bits per heavy atom. The van der Waals surface area contributed by atoms with E-state index in [-0.39, 0.29) is 9.79 Å². The lowest BCUT2D eigenvalue weighted by Crippen LogP contribution is -1.89. The van der Waals surface area contributed by atoms with Crippen LogP contribution < -0.4 is 0 Å². The molecule has 0 radical (unpaired) electrons. The number of rotatable bonds is 5. The molecule has 2 aromatic heterocycles. The van der Waals surface area contributed by atoms with E-state index in [1.807, 2.05) is 0 Å². The van der Waals surface area contributed by atoms with E-state index in [1.54, 1.807) is 10.8 Å². The summed E-state index contributed by atoms with van der Waals surface area (Å²) in [4.78, 5) is 0.956. The van der Waals surface area contributed by atoms with Crippen LogP contribution in [-0.4, -0.2) is 16.8 Å². The van der Waals surface area contributed by atoms with E-state index in [0.29, 0.717) is 9.79 Å². The van der Waals surface area contributed by atoms with Crippen LogP contribution in [0.3, 0.4) is 0 Å². The minimum atomic E-state index is -3.81. The standard InChI is InChI=1S/C8H4Cl2O4S6/c9-19(11,12)7-3-15-1-5(7)17-18-6-2-16-4-8(6)20(10,13)14/h1-4H. The molecular weight excluding hydrogens is 423 g/mol. The van der Waals surface area contributed by atoms with Crippen molar-refractivity contribution >= 4 is 83.7 Å². The minimum absolute atomic E-state index is 0.0205. The summed E-state index contributed by atoms with van der Waals surface area (Å²) >= 11 is 2.40. The Hall–Kier alpha value is 0.580. The van der Waals surface area contributed by atoms with Crippen LogP contribution in [0, 0.1) is 0 Å². The average molecular weight is 427 g/mol. The molecule has 0 N–H and O–H groups in total. The second-order valence-electron chi connectivity index (χ2n) is 3.24. The van der Waals surface area contributed by atoms with Crippen LogP contribution in [0.1, 0.15) is 0 Å². The number of hydrogen-bond donors (Lipinski definition) is 0. The molecule has 0 amide bonds. The second kappa shape index (κ2) is 6.37. The molecule has 0 spiro atoms. The van der Waals surface area contributed by atoms with E-state index < -0.39 is 18.1 Å². The van der Waals surface area contributed by atoms with Gasteiger partial charge in [0.25, 0.3) is 18.1 Å². The highest BCUT2D eigenvalue weighted by Gasteiger charge is 2.21. The molecule has 12 heteroatoms. The first-order valence-electron chi connectivity index (χ1n) is 4.56. The fourth-order valence-electron chi connectivity index (χ4n) is 1.11. The molecule has 0 aromatic carbocycles. The minimum Gasteiger partial charge on any atom is -0.207 e. The molecule has 2 rings (SSSR count). The molecule has 2 heterocycles. The van der Waals surface area contributed by atoms with Crippen LogP contribution in [0.25, 0.3) is 0 Å². The third-order valence-corrected chi connectivity index (χ3v) is 9.44. The summed E-state index contributed by atoms with van der Waals surface area (Å²) in [7, 11) is 5.23. The number of hydrogen-bond acceptors (Lipinski definition) is 8. The Kier molecular flexibility index (Phi) is 5.39. The van der Waals surface area contributed by atoms with Crippen molar-refractivity contribution in [3.05, 3.63) is 21.5 Å². The van der Waals surface area contributed by atoms with Crippen LogP contribution in [0.5, 0.6) is 0 Å². The summed E-state index contributed by atoms with van der Waals surface area (Å²) < 4.78 is 45.3. The van der Waals surface area contributed by atoms with Crippen molar-refractivity contribution < 1.29 is 16.8 Å². The summed E-state index contributed by atoms with van der Waals surface area (Å²) in [5, 5.41) is 6.12. The molecule has 4 nitrogen and oxygen atoms in total. The molecule has 0 bridgehead atoms. The van der Waals surface area contributed by atoms with Gasteiger partial charge in [0, 0.05) is 52.7 Å². The third-order valence-electron chi connectivity index (χ3n) is 1.93. The van der Waals surface area contributed by atoms with Crippen molar-refractivity contribution in [2.45, 2.75) is 19.6 Å². The van der Waals surface area contributed by atoms with Gasteiger partial charge in [0.05, 0.1) is 0 Å². The number of thiophene rings is 2. The van der Waals surface area contributed by atoms with Gasteiger partial charge in [-0.05, 0) is 0 Å². The fourth-order valence-corrected chi connectivity index (χ4v) is 9.95. The first-order valence-corrected chi connectivity index (χ1v) is 13.2. The quantitative estimate of drug-likeness (QED) is 0.518. The van der Waals surface area contributed by atoms with Gasteiger partial charge in [0.2, 0.25) is 0 Å². The van der Waals surface area contributed by atoms with Crippen molar-refractivity contribution in [2.24, 2.45) is 0 Å². The Morgan fingerprint density at radius 2 is 1.10 bits per heavy atom. The molecule has 2 aromatic rings. The maximum atomic E-state index is 11.3. The highest BCUT2D eigenvalue weighted by Crippen LogP contribution is 2.45. The van der Waals surface area contributed by atoms with Gasteiger partial charge in [-0.2, -0.15) is 0 Å². The van der Waals surface area contributed by atoms with Crippen molar-refractivity contribution in [2.75, 3.05) is 0 Å². The van der Waals surface area contributed by atoms with Gasteiger partial charge in [-0.1, -0.05) is 21.6 Å². The van der Waals surface area contributed by atoms with Gasteiger partial charge < -0.3 is 0 Å². The Bertz CT molecular complexity index is 749. The lowest BCUT2D eigenvalue weighted by Gasteiger charge is -2.01. The van der Waals surface area contributed by atoms with Gasteiger partial charge in [-0.15, -0.1) is 22.7 Å². The zero-order valence-corrected chi connectivity index (χ0v) is 15.6. The van der Waals surface area contributed by atoms with E-state index in [9.17, 15) is 16.8 Å². The highest BCUT2D eigenvalue weighted by atomic mass is 35.7. The largest absolute Gasteiger partial charge is 0.263 e. The maximum Gasteiger partial charge on any atom is 0.263 e. The van der Waals surface area contributed by atoms with Crippen LogP contribution in [-0.2, 0) is 18.1 Å². The van der Waals surface area contributed by atoms with E-state index in [0.717, 1.165) is 21.6 Å². The molecule has 0 saturated carbocycles. The molecule has 0 saturated heterocycles. The Balaban J connectivity index is 2.23. The van der Waals surface area contributed by atoms with Crippen molar-refractivity contribution in [1.82, 2.24) is 0 Å². The summed E-state index contributed by atoms with van der Waals surface area (Å²) in [6.45, 7) is 0. The SMILES string of the molecule is O=S(=O)(Cl)c1cscc1SSc1cscc1S(=O)(=O)Cl. The second-order valence-corrected chi connectivity index (χ2v) is 12.0. The zero-order chi connectivity index (χ0) is 15.0. The smallest absolute Gasteiger partial charge is 0.207 e. The summed E-state index contributed by atoms with van der Waals surface area (Å²) in [5.74, 6) is 0. The van der Waals surface area contributed by atoms with E-state index in [4.69, 9.17) is 21.4 Å². The van der Waals surface area contributed by atoms with Crippen molar-refractivity contribution in [3.8, 4) is 0 Å². The van der Waals surface area contributed by atoms with Crippen LogP contribution in [0.4, 0.5) is 0 Å². The molecule has 0 unspecified atom stereocenters. The first-order chi connectivity index (χ1) is 9.19. The van der Waals surface area contributed by atoms with E-state index >= 15 is 0 Å². The molecule has 0 fully saturated rings. The Morgan fingerprint density at radius 3 is 1.40 bits per heavy atom. The molecular formula is C8H4Cl2O4S6. The summed E-state index contributed by atoms with van der Waals surface area (Å²) in [5.41, 5.74) is 0. The van der Waals surface area contributed by atoms with Crippen molar-refractivity contribution in [1.29, 1.82) is 0 Å². The molecule has 20 heavy (non-hydrogen) atoms. The zero-order valence-electron chi connectivity index (χ0n) is 9.15. The molecule has 0 atom stereocenters. The van der Waals surface area contributed by atoms with Crippen molar-refractivity contribution in [3.63, 3.8) is 0 Å². The van der Waals surface area contributed by atoms with E-state index in [1.165, 1.54) is 33.4 Å². The van der Waals surface area contributed by atoms with Gasteiger partial charge in [-0.3, -0.25) is 0 Å². The van der Waals surface area contributed by atoms with Crippen LogP contribution >= 0.6 is 65.6 Å². The molecule has 110 valence electrons. The third kappa shape index (κ3) is 4.07. The van der Waals surface area contributed by atoms with Gasteiger partial charge in [-0.25, -0.2) is 16.8 Å². The summed E-state index contributed by atoms with van der Waals surface area (Å²) in [6, 6.07) is 0. The number of halogens is 2. The normalized spacial score (nSPS) is 12.7. The van der Waals surface area contributed by atoms with Gasteiger partial charge in [0.1, 0.15) is 9.79 Å². The molecule has 0 aliphatic rings. The fraction of sp³-hybridized carbons (Fsp3) is 0. The van der Waals surface area contributed by atoms with E-state index in [2.05, 4.69) is 0 Å². The van der Waals surface area contributed by atoms with Crippen LogP contribution in [0.2, 0.25) is 0 Å². The average Bonchev–Trinajstić information content (AvgIpc) is 2.93. The van der Waals surface area contributed by atoms with Crippen LogP contribution in [0.15, 0.2) is 41.1 Å². The topological polar surface area (TPSA) is 68.3 Å². The monoisotopic (exact) mass is 426 g/mol. The maximum absolute atomic E-state index is 11.3.